The highest BCUT2D eigenvalue weighted by Gasteiger charge is 2.40. The number of hydrogen-bond donors (Lipinski definition) is 2. The maximum Gasteiger partial charge on any atom is 0.0304 e. The van der Waals surface area contributed by atoms with Gasteiger partial charge in [0, 0.05) is 12.1 Å². The Labute approximate surface area is 87.6 Å². The van der Waals surface area contributed by atoms with E-state index in [1.807, 2.05) is 0 Å². The predicted molar refractivity (Wildman–Crippen MR) is 60.1 cm³/mol. The topological polar surface area (TPSA) is 38.0 Å². The first-order chi connectivity index (χ1) is 6.65. The third kappa shape index (κ3) is 2.29. The minimum Gasteiger partial charge on any atom is -0.329 e. The molecule has 14 heavy (non-hydrogen) atoms. The van der Waals surface area contributed by atoms with Crippen LogP contribution in [0.25, 0.3) is 0 Å². The summed E-state index contributed by atoms with van der Waals surface area (Å²) in [6.07, 6.45) is 5.65. The zero-order chi connectivity index (χ0) is 10.2. The van der Waals surface area contributed by atoms with Gasteiger partial charge in [-0.3, -0.25) is 0 Å². The summed E-state index contributed by atoms with van der Waals surface area (Å²) < 4.78 is 0. The van der Waals surface area contributed by atoms with E-state index in [0.29, 0.717) is 0 Å². The number of nitrogens with one attached hydrogen (secondary N) is 1. The first kappa shape index (κ1) is 10.4. The summed E-state index contributed by atoms with van der Waals surface area (Å²) in [5, 5.41) is 3.70. The fraction of sp³-hybridized carbons (Fsp3) is 1.00. The molecule has 2 heteroatoms. The van der Waals surface area contributed by atoms with Gasteiger partial charge in [-0.2, -0.15) is 0 Å². The molecule has 0 amide bonds. The van der Waals surface area contributed by atoms with Gasteiger partial charge in [-0.15, -0.1) is 0 Å². The Morgan fingerprint density at radius 1 is 1.36 bits per heavy atom. The third-order valence-corrected chi connectivity index (χ3v) is 4.16. The van der Waals surface area contributed by atoms with Gasteiger partial charge in [0.25, 0.3) is 0 Å². The summed E-state index contributed by atoms with van der Waals surface area (Å²) in [5.41, 5.74) is 6.09. The molecule has 2 atom stereocenters. The Morgan fingerprint density at radius 2 is 2.00 bits per heavy atom. The van der Waals surface area contributed by atoms with E-state index in [2.05, 4.69) is 19.2 Å². The van der Waals surface area contributed by atoms with Gasteiger partial charge in [0.1, 0.15) is 0 Å². The lowest BCUT2D eigenvalue weighted by molar-refractivity contribution is 0.290. The highest BCUT2D eigenvalue weighted by molar-refractivity contribution is 4.99. The molecule has 0 aromatic carbocycles. The molecule has 0 radical (unpaired) electrons. The maximum atomic E-state index is 5.86. The number of nitrogens with two attached hydrogens (primary N) is 1. The molecule has 0 spiro atoms. The van der Waals surface area contributed by atoms with Crippen molar-refractivity contribution in [3.05, 3.63) is 0 Å². The Bertz CT molecular complexity index is 196. The standard InChI is InChI=1S/C12H24N2/c1-9(10-3-4-10)7-14-12(2,8-13)11-5-6-11/h9-11,14H,3-8,13H2,1-2H3. The van der Waals surface area contributed by atoms with Gasteiger partial charge < -0.3 is 11.1 Å². The monoisotopic (exact) mass is 196 g/mol. The summed E-state index contributed by atoms with van der Waals surface area (Å²) in [7, 11) is 0. The van der Waals surface area contributed by atoms with E-state index in [1.165, 1.54) is 25.7 Å². The average Bonchev–Trinajstić information content (AvgIpc) is 3.05. The Hall–Kier alpha value is -0.0800. The normalized spacial score (nSPS) is 28.5. The Balaban J connectivity index is 1.75. The minimum absolute atomic E-state index is 0.225. The maximum absolute atomic E-state index is 5.86. The van der Waals surface area contributed by atoms with Gasteiger partial charge in [0.2, 0.25) is 0 Å². The van der Waals surface area contributed by atoms with Gasteiger partial charge in [-0.1, -0.05) is 6.92 Å². The van der Waals surface area contributed by atoms with Crippen LogP contribution in [0.1, 0.15) is 39.5 Å². The van der Waals surface area contributed by atoms with Crippen molar-refractivity contribution >= 4 is 0 Å². The molecule has 0 aliphatic heterocycles. The lowest BCUT2D eigenvalue weighted by atomic mass is 9.94. The van der Waals surface area contributed by atoms with Crippen molar-refractivity contribution in [1.29, 1.82) is 0 Å². The van der Waals surface area contributed by atoms with Crippen LogP contribution in [0, 0.1) is 17.8 Å². The van der Waals surface area contributed by atoms with Gasteiger partial charge >= 0.3 is 0 Å². The quantitative estimate of drug-likeness (QED) is 0.679. The smallest absolute Gasteiger partial charge is 0.0304 e. The molecule has 82 valence electrons. The fourth-order valence-electron chi connectivity index (χ4n) is 2.33. The molecule has 2 saturated carbocycles. The Morgan fingerprint density at radius 3 is 2.43 bits per heavy atom. The second-order valence-corrected chi connectivity index (χ2v) is 5.59. The zero-order valence-corrected chi connectivity index (χ0v) is 9.55. The van der Waals surface area contributed by atoms with Crippen molar-refractivity contribution in [2.45, 2.75) is 45.1 Å². The first-order valence-electron chi connectivity index (χ1n) is 6.11. The molecule has 2 aliphatic rings. The number of hydrogen-bond acceptors (Lipinski definition) is 2. The molecule has 2 nitrogen and oxygen atoms in total. The van der Waals surface area contributed by atoms with Crippen molar-refractivity contribution in [1.82, 2.24) is 5.32 Å². The summed E-state index contributed by atoms with van der Waals surface area (Å²) >= 11 is 0. The van der Waals surface area contributed by atoms with E-state index in [-0.39, 0.29) is 5.54 Å². The molecule has 0 bridgehead atoms. The van der Waals surface area contributed by atoms with Crippen molar-refractivity contribution in [3.8, 4) is 0 Å². The van der Waals surface area contributed by atoms with Crippen LogP contribution in [0.4, 0.5) is 0 Å². The van der Waals surface area contributed by atoms with E-state index in [4.69, 9.17) is 5.73 Å². The first-order valence-corrected chi connectivity index (χ1v) is 6.11. The lowest BCUT2D eigenvalue weighted by Gasteiger charge is -2.31. The second kappa shape index (κ2) is 3.82. The molecule has 0 heterocycles. The van der Waals surface area contributed by atoms with E-state index in [0.717, 1.165) is 30.8 Å². The largest absolute Gasteiger partial charge is 0.329 e. The van der Waals surface area contributed by atoms with Crippen LogP contribution in [0.15, 0.2) is 0 Å². The molecule has 3 N–H and O–H groups in total. The van der Waals surface area contributed by atoms with Crippen LogP contribution in [0.5, 0.6) is 0 Å². The van der Waals surface area contributed by atoms with Crippen LogP contribution < -0.4 is 11.1 Å². The van der Waals surface area contributed by atoms with Gasteiger partial charge in [-0.25, -0.2) is 0 Å². The SMILES string of the molecule is CC(CNC(C)(CN)C1CC1)C1CC1. The molecule has 0 aromatic heterocycles. The van der Waals surface area contributed by atoms with Crippen molar-refractivity contribution < 1.29 is 0 Å². The molecule has 2 unspecified atom stereocenters. The van der Waals surface area contributed by atoms with E-state index < -0.39 is 0 Å². The fourth-order valence-corrected chi connectivity index (χ4v) is 2.33. The molecule has 2 rings (SSSR count). The van der Waals surface area contributed by atoms with Crippen LogP contribution in [-0.2, 0) is 0 Å². The summed E-state index contributed by atoms with van der Waals surface area (Å²) in [6, 6.07) is 0. The zero-order valence-electron chi connectivity index (χ0n) is 9.55. The van der Waals surface area contributed by atoms with Gasteiger partial charge in [-0.05, 0) is 56.9 Å². The van der Waals surface area contributed by atoms with Crippen LogP contribution >= 0.6 is 0 Å². The van der Waals surface area contributed by atoms with Crippen molar-refractivity contribution in [2.75, 3.05) is 13.1 Å². The summed E-state index contributed by atoms with van der Waals surface area (Å²) in [6.45, 7) is 6.61. The highest BCUT2D eigenvalue weighted by atomic mass is 15.0. The lowest BCUT2D eigenvalue weighted by Crippen LogP contribution is -2.52. The van der Waals surface area contributed by atoms with E-state index in [9.17, 15) is 0 Å². The molecular weight excluding hydrogens is 172 g/mol. The third-order valence-electron chi connectivity index (χ3n) is 4.16. The average molecular weight is 196 g/mol. The predicted octanol–water partition coefficient (Wildman–Crippen LogP) is 1.75. The molecule has 0 aromatic rings. The van der Waals surface area contributed by atoms with Crippen LogP contribution in [0.2, 0.25) is 0 Å². The van der Waals surface area contributed by atoms with E-state index in [1.54, 1.807) is 0 Å². The van der Waals surface area contributed by atoms with Crippen molar-refractivity contribution in [2.24, 2.45) is 23.5 Å². The molecule has 2 fully saturated rings. The molecule has 2 aliphatic carbocycles. The van der Waals surface area contributed by atoms with Crippen LogP contribution in [0.3, 0.4) is 0 Å². The van der Waals surface area contributed by atoms with Crippen molar-refractivity contribution in [3.63, 3.8) is 0 Å². The Kier molecular flexibility index (Phi) is 2.85. The highest BCUT2D eigenvalue weighted by Crippen LogP contribution is 2.40. The van der Waals surface area contributed by atoms with Gasteiger partial charge in [0.05, 0.1) is 0 Å². The number of rotatable bonds is 6. The molecular formula is C12H24N2. The molecule has 0 saturated heterocycles. The van der Waals surface area contributed by atoms with E-state index >= 15 is 0 Å². The van der Waals surface area contributed by atoms with Crippen LogP contribution in [-0.4, -0.2) is 18.6 Å². The summed E-state index contributed by atoms with van der Waals surface area (Å²) in [4.78, 5) is 0. The van der Waals surface area contributed by atoms with Gasteiger partial charge in [0.15, 0.2) is 0 Å². The minimum atomic E-state index is 0.225. The summed E-state index contributed by atoms with van der Waals surface area (Å²) in [5.74, 6) is 2.70. The second-order valence-electron chi connectivity index (χ2n) is 5.59.